The molecule has 1 amide bonds. The molecule has 1 saturated heterocycles. The number of benzene rings is 1. The van der Waals surface area contributed by atoms with E-state index < -0.39 is 0 Å². The maximum atomic E-state index is 14.3. The second-order valence-corrected chi connectivity index (χ2v) is 5.68. The van der Waals surface area contributed by atoms with Crippen LogP contribution in [0.15, 0.2) is 12.1 Å². The van der Waals surface area contributed by atoms with Crippen molar-refractivity contribution in [3.63, 3.8) is 0 Å². The van der Waals surface area contributed by atoms with Crippen LogP contribution in [-0.2, 0) is 4.79 Å². The molecule has 0 radical (unpaired) electrons. The van der Waals surface area contributed by atoms with Gasteiger partial charge in [0.25, 0.3) is 0 Å². The van der Waals surface area contributed by atoms with Gasteiger partial charge < -0.3 is 9.64 Å². The summed E-state index contributed by atoms with van der Waals surface area (Å²) in [7, 11) is 1.55. The van der Waals surface area contributed by atoms with Crippen LogP contribution in [0.3, 0.4) is 0 Å². The largest absolute Gasteiger partial charge is 0.496 e. The van der Waals surface area contributed by atoms with Gasteiger partial charge in [-0.2, -0.15) is 0 Å². The van der Waals surface area contributed by atoms with E-state index in [1.807, 2.05) is 31.7 Å². The number of carbonyl (C=O) groups excluding carboxylic acids is 1. The van der Waals surface area contributed by atoms with Crippen LogP contribution >= 0.6 is 0 Å². The summed E-state index contributed by atoms with van der Waals surface area (Å²) in [6.45, 7) is 11.0. The predicted molar refractivity (Wildman–Crippen MR) is 87.8 cm³/mol. The Bertz CT molecular complexity index is 516. The maximum absolute atomic E-state index is 14.3. The molecule has 2 atom stereocenters. The van der Waals surface area contributed by atoms with Crippen molar-refractivity contribution in [3.8, 4) is 5.75 Å². The number of ether oxygens (including phenoxy) is 1. The molecule has 0 aliphatic carbocycles. The first kappa shape index (κ1) is 18.5. The van der Waals surface area contributed by atoms with E-state index in [1.54, 1.807) is 14.0 Å². The molecule has 1 aromatic carbocycles. The minimum Gasteiger partial charge on any atom is -0.496 e. The summed E-state index contributed by atoms with van der Waals surface area (Å²) in [6.07, 6.45) is 0.809. The van der Waals surface area contributed by atoms with Crippen LogP contribution < -0.4 is 4.74 Å². The predicted octanol–water partition coefficient (Wildman–Crippen LogP) is 4.14. The summed E-state index contributed by atoms with van der Waals surface area (Å²) in [5, 5.41) is 0. The second-order valence-electron chi connectivity index (χ2n) is 5.68. The van der Waals surface area contributed by atoms with E-state index in [4.69, 9.17) is 4.74 Å². The van der Waals surface area contributed by atoms with Gasteiger partial charge in [-0.05, 0) is 42.4 Å². The molecule has 1 fully saturated rings. The van der Waals surface area contributed by atoms with Gasteiger partial charge in [-0.1, -0.05) is 20.8 Å². The van der Waals surface area contributed by atoms with Crippen molar-refractivity contribution in [2.75, 3.05) is 20.2 Å². The quantitative estimate of drug-likeness (QED) is 0.821. The molecule has 1 aromatic rings. The number of aryl methyl sites for hydroxylation is 1. The molecular weight excluding hydrogens is 281 g/mol. The molecule has 0 saturated carbocycles. The highest BCUT2D eigenvalue weighted by Gasteiger charge is 2.30. The molecule has 2 unspecified atom stereocenters. The molecule has 0 N–H and O–H groups in total. The fourth-order valence-corrected chi connectivity index (χ4v) is 3.08. The molecule has 0 bridgehead atoms. The van der Waals surface area contributed by atoms with E-state index in [-0.39, 0.29) is 23.6 Å². The van der Waals surface area contributed by atoms with Crippen LogP contribution in [-0.4, -0.2) is 31.0 Å². The molecule has 2 rings (SSSR count). The van der Waals surface area contributed by atoms with E-state index in [0.29, 0.717) is 18.8 Å². The topological polar surface area (TPSA) is 29.5 Å². The van der Waals surface area contributed by atoms with Crippen molar-refractivity contribution >= 4 is 5.91 Å². The van der Waals surface area contributed by atoms with Gasteiger partial charge in [0.05, 0.1) is 7.11 Å². The number of likely N-dealkylation sites (tertiary alicyclic amines) is 1. The van der Waals surface area contributed by atoms with Crippen LogP contribution in [0.2, 0.25) is 0 Å². The SMILES string of the molecule is CC.COc1cc(F)c(C2CCN(C(C)=O)CC2C)cc1C. The van der Waals surface area contributed by atoms with Crippen LogP contribution in [0.5, 0.6) is 5.75 Å². The van der Waals surface area contributed by atoms with Gasteiger partial charge in [0.2, 0.25) is 5.91 Å². The molecule has 1 aliphatic rings. The molecule has 124 valence electrons. The van der Waals surface area contributed by atoms with Crippen molar-refractivity contribution in [3.05, 3.63) is 29.1 Å². The number of piperidine rings is 1. The average molecular weight is 309 g/mol. The summed E-state index contributed by atoms with van der Waals surface area (Å²) >= 11 is 0. The zero-order valence-electron chi connectivity index (χ0n) is 14.6. The van der Waals surface area contributed by atoms with Gasteiger partial charge in [0.15, 0.2) is 0 Å². The fourth-order valence-electron chi connectivity index (χ4n) is 3.08. The first-order chi connectivity index (χ1) is 10.4. The minimum atomic E-state index is -0.208. The van der Waals surface area contributed by atoms with Crippen molar-refractivity contribution < 1.29 is 13.9 Å². The van der Waals surface area contributed by atoms with Crippen LogP contribution in [0.4, 0.5) is 4.39 Å². The number of methoxy groups -OCH3 is 1. The lowest BCUT2D eigenvalue weighted by Gasteiger charge is -2.37. The Kier molecular flexibility index (Phi) is 6.85. The zero-order valence-corrected chi connectivity index (χ0v) is 14.6. The normalized spacial score (nSPS) is 21.0. The van der Waals surface area contributed by atoms with E-state index in [1.165, 1.54) is 6.07 Å². The van der Waals surface area contributed by atoms with E-state index in [0.717, 1.165) is 17.5 Å². The third-order valence-electron chi connectivity index (χ3n) is 4.26. The van der Waals surface area contributed by atoms with Crippen LogP contribution in [0.1, 0.15) is 51.2 Å². The van der Waals surface area contributed by atoms with Gasteiger partial charge in [-0.3, -0.25) is 4.79 Å². The van der Waals surface area contributed by atoms with E-state index >= 15 is 0 Å². The molecule has 1 aliphatic heterocycles. The Labute approximate surface area is 133 Å². The van der Waals surface area contributed by atoms with Gasteiger partial charge >= 0.3 is 0 Å². The molecule has 3 nitrogen and oxygen atoms in total. The Morgan fingerprint density at radius 2 is 2.00 bits per heavy atom. The average Bonchev–Trinajstić information content (AvgIpc) is 2.51. The number of rotatable bonds is 2. The lowest BCUT2D eigenvalue weighted by atomic mass is 9.81. The van der Waals surface area contributed by atoms with Crippen LogP contribution in [0, 0.1) is 18.7 Å². The number of hydrogen-bond acceptors (Lipinski definition) is 2. The second kappa shape index (κ2) is 8.16. The highest BCUT2D eigenvalue weighted by Crippen LogP contribution is 2.36. The third-order valence-corrected chi connectivity index (χ3v) is 4.26. The lowest BCUT2D eigenvalue weighted by Crippen LogP contribution is -2.41. The first-order valence-electron chi connectivity index (χ1n) is 8.03. The monoisotopic (exact) mass is 309 g/mol. The Morgan fingerprint density at radius 3 is 2.50 bits per heavy atom. The highest BCUT2D eigenvalue weighted by atomic mass is 19.1. The zero-order chi connectivity index (χ0) is 16.9. The molecule has 0 spiro atoms. The number of amides is 1. The van der Waals surface area contributed by atoms with Gasteiger partial charge in [0.1, 0.15) is 11.6 Å². The number of carbonyl (C=O) groups is 1. The minimum absolute atomic E-state index is 0.0988. The van der Waals surface area contributed by atoms with Gasteiger partial charge in [-0.15, -0.1) is 0 Å². The van der Waals surface area contributed by atoms with Crippen molar-refractivity contribution in [2.24, 2.45) is 5.92 Å². The summed E-state index contributed by atoms with van der Waals surface area (Å²) in [5.74, 6) is 0.896. The Morgan fingerprint density at radius 1 is 1.36 bits per heavy atom. The molecule has 22 heavy (non-hydrogen) atoms. The third kappa shape index (κ3) is 3.99. The molecule has 0 aromatic heterocycles. The van der Waals surface area contributed by atoms with Crippen molar-refractivity contribution in [1.82, 2.24) is 4.90 Å². The van der Waals surface area contributed by atoms with Crippen molar-refractivity contribution in [1.29, 1.82) is 0 Å². The Balaban J connectivity index is 0.00000116. The molecule has 4 heteroatoms. The summed E-state index contributed by atoms with van der Waals surface area (Å²) in [6, 6.07) is 3.35. The van der Waals surface area contributed by atoms with Gasteiger partial charge in [0, 0.05) is 26.1 Å². The number of nitrogens with zero attached hydrogens (tertiary/aromatic N) is 1. The first-order valence-corrected chi connectivity index (χ1v) is 8.03. The highest BCUT2D eigenvalue weighted by molar-refractivity contribution is 5.73. The fraction of sp³-hybridized carbons (Fsp3) is 0.611. The number of halogens is 1. The van der Waals surface area contributed by atoms with Crippen LogP contribution in [0.25, 0.3) is 0 Å². The van der Waals surface area contributed by atoms with E-state index in [9.17, 15) is 9.18 Å². The summed E-state index contributed by atoms with van der Waals surface area (Å²) in [4.78, 5) is 13.3. The standard InChI is InChI=1S/C16H22FNO2.C2H6/c1-10-7-14(15(17)8-16(10)20-4)13-5-6-18(12(3)19)9-11(13)2;1-2/h7-8,11,13H,5-6,9H2,1-4H3;1-2H3. The van der Waals surface area contributed by atoms with E-state index in [2.05, 4.69) is 6.92 Å². The lowest BCUT2D eigenvalue weighted by molar-refractivity contribution is -0.130. The molecule has 1 heterocycles. The Hall–Kier alpha value is -1.58. The summed E-state index contributed by atoms with van der Waals surface area (Å²) in [5.41, 5.74) is 1.70. The maximum Gasteiger partial charge on any atom is 0.219 e. The molecular formula is C18H28FNO2. The van der Waals surface area contributed by atoms with Gasteiger partial charge in [-0.25, -0.2) is 4.39 Å². The number of hydrogen-bond donors (Lipinski definition) is 0. The van der Waals surface area contributed by atoms with Crippen molar-refractivity contribution in [2.45, 2.75) is 47.0 Å². The summed E-state index contributed by atoms with van der Waals surface area (Å²) < 4.78 is 19.4. The smallest absolute Gasteiger partial charge is 0.219 e.